The number of nitrogens with one attached hydrogen (secondary N) is 1. The van der Waals surface area contributed by atoms with Crippen molar-refractivity contribution in [2.45, 2.75) is 24.3 Å². The van der Waals surface area contributed by atoms with Crippen LogP contribution in [0.3, 0.4) is 0 Å². The van der Waals surface area contributed by atoms with Gasteiger partial charge in [-0.2, -0.15) is 16.7 Å². The van der Waals surface area contributed by atoms with Crippen molar-refractivity contribution in [1.29, 1.82) is 0 Å². The van der Waals surface area contributed by atoms with Gasteiger partial charge < -0.3 is 10.2 Å². The molecule has 1 saturated heterocycles. The molecule has 0 aliphatic carbocycles. The minimum atomic E-state index is 0.630. The lowest BCUT2D eigenvalue weighted by atomic mass is 10.2. The molecule has 3 rings (SSSR count). The quantitative estimate of drug-likeness (QED) is 0.920. The highest BCUT2D eigenvalue weighted by Gasteiger charge is 2.25. The van der Waals surface area contributed by atoms with Crippen molar-refractivity contribution in [3.05, 3.63) is 24.3 Å². The molecule has 2 aromatic rings. The summed E-state index contributed by atoms with van der Waals surface area (Å²) in [5.74, 6) is 1.75. The van der Waals surface area contributed by atoms with E-state index in [9.17, 15) is 0 Å². The van der Waals surface area contributed by atoms with Gasteiger partial charge >= 0.3 is 0 Å². The number of anilines is 2. The Balaban J connectivity index is 2.09. The number of thioether (sulfide) groups is 1. The van der Waals surface area contributed by atoms with Crippen LogP contribution in [0, 0.1) is 0 Å². The molecule has 2 atom stereocenters. The monoisotopic (exact) mass is 288 g/mol. The molecule has 20 heavy (non-hydrogen) atoms. The molecule has 4 nitrogen and oxygen atoms in total. The third kappa shape index (κ3) is 2.54. The first-order chi connectivity index (χ1) is 9.67. The number of para-hydroxylation sites is 1. The fourth-order valence-electron chi connectivity index (χ4n) is 2.76. The van der Waals surface area contributed by atoms with E-state index in [1.165, 1.54) is 0 Å². The first-order valence-electron chi connectivity index (χ1n) is 7.02. The van der Waals surface area contributed by atoms with Gasteiger partial charge in [0.2, 0.25) is 5.95 Å². The van der Waals surface area contributed by atoms with E-state index in [1.807, 2.05) is 19.2 Å². The Kier molecular flexibility index (Phi) is 3.70. The summed E-state index contributed by atoms with van der Waals surface area (Å²) in [6, 6.07) is 8.24. The highest BCUT2D eigenvalue weighted by molar-refractivity contribution is 8.00. The van der Waals surface area contributed by atoms with Gasteiger partial charge in [-0.25, -0.2) is 4.98 Å². The molecule has 1 aromatic carbocycles. The van der Waals surface area contributed by atoms with Crippen LogP contribution in [0.2, 0.25) is 0 Å². The van der Waals surface area contributed by atoms with E-state index in [0.29, 0.717) is 16.4 Å². The molecule has 1 N–H and O–H groups in total. The topological polar surface area (TPSA) is 41.1 Å². The lowest BCUT2D eigenvalue weighted by Crippen LogP contribution is -2.41. The summed E-state index contributed by atoms with van der Waals surface area (Å²) in [5, 5.41) is 5.46. The Morgan fingerprint density at radius 1 is 1.15 bits per heavy atom. The van der Waals surface area contributed by atoms with E-state index in [0.717, 1.165) is 29.8 Å². The van der Waals surface area contributed by atoms with E-state index in [1.54, 1.807) is 0 Å². The predicted octanol–water partition coefficient (Wildman–Crippen LogP) is 3.00. The molecule has 0 amide bonds. The van der Waals surface area contributed by atoms with Crippen LogP contribution in [-0.4, -0.2) is 40.6 Å². The van der Waals surface area contributed by atoms with E-state index < -0.39 is 0 Å². The summed E-state index contributed by atoms with van der Waals surface area (Å²) in [7, 11) is 1.87. The number of hydrogen-bond donors (Lipinski definition) is 1. The number of benzene rings is 1. The van der Waals surface area contributed by atoms with E-state index in [-0.39, 0.29) is 0 Å². The highest BCUT2D eigenvalue weighted by atomic mass is 32.2. The molecular formula is C15H20N4S. The van der Waals surface area contributed by atoms with Gasteiger partial charge in [0, 0.05) is 36.0 Å². The Morgan fingerprint density at radius 3 is 2.55 bits per heavy atom. The Labute approximate surface area is 124 Å². The average Bonchev–Trinajstić information content (AvgIpc) is 2.45. The lowest BCUT2D eigenvalue weighted by molar-refractivity contribution is 0.721. The fraction of sp³-hybridized carbons (Fsp3) is 0.467. The lowest BCUT2D eigenvalue weighted by Gasteiger charge is -2.36. The predicted molar refractivity (Wildman–Crippen MR) is 87.8 cm³/mol. The number of fused-ring (bicyclic) bond motifs is 1. The number of nitrogens with zero attached hydrogens (tertiary/aromatic N) is 3. The molecule has 2 unspecified atom stereocenters. The molecule has 1 aromatic heterocycles. The van der Waals surface area contributed by atoms with Crippen LogP contribution < -0.4 is 10.2 Å². The molecule has 1 fully saturated rings. The summed E-state index contributed by atoms with van der Waals surface area (Å²) < 4.78 is 0. The van der Waals surface area contributed by atoms with Crippen molar-refractivity contribution >= 4 is 34.4 Å². The van der Waals surface area contributed by atoms with E-state index >= 15 is 0 Å². The van der Waals surface area contributed by atoms with Gasteiger partial charge in [0.15, 0.2) is 0 Å². The third-order valence-electron chi connectivity index (χ3n) is 3.53. The zero-order valence-electron chi connectivity index (χ0n) is 12.1. The maximum atomic E-state index is 4.71. The molecule has 0 bridgehead atoms. The number of aromatic nitrogens is 2. The third-order valence-corrected chi connectivity index (χ3v) is 4.75. The van der Waals surface area contributed by atoms with Gasteiger partial charge in [-0.3, -0.25) is 0 Å². The largest absolute Gasteiger partial charge is 0.357 e. The summed E-state index contributed by atoms with van der Waals surface area (Å²) >= 11 is 2.05. The van der Waals surface area contributed by atoms with E-state index in [4.69, 9.17) is 4.98 Å². The van der Waals surface area contributed by atoms with Crippen LogP contribution in [-0.2, 0) is 0 Å². The highest BCUT2D eigenvalue weighted by Crippen LogP contribution is 2.31. The molecule has 0 radical (unpaired) electrons. The molecule has 1 aliphatic heterocycles. The first-order valence-corrected chi connectivity index (χ1v) is 7.96. The zero-order valence-corrected chi connectivity index (χ0v) is 12.9. The maximum Gasteiger partial charge on any atom is 0.224 e. The van der Waals surface area contributed by atoms with Gasteiger partial charge in [-0.1, -0.05) is 26.0 Å². The van der Waals surface area contributed by atoms with Crippen molar-refractivity contribution in [3.63, 3.8) is 0 Å². The van der Waals surface area contributed by atoms with Gasteiger partial charge in [0.25, 0.3) is 0 Å². The Hall–Kier alpha value is -1.49. The number of hydrogen-bond acceptors (Lipinski definition) is 5. The molecule has 0 saturated carbocycles. The SMILES string of the molecule is CNc1nc(N2CC(C)SC(C)C2)c2ccccc2n1. The van der Waals surface area contributed by atoms with Gasteiger partial charge in [-0.05, 0) is 12.1 Å². The number of rotatable bonds is 2. The van der Waals surface area contributed by atoms with Crippen molar-refractivity contribution < 1.29 is 0 Å². The van der Waals surface area contributed by atoms with Crippen LogP contribution >= 0.6 is 11.8 Å². The minimum absolute atomic E-state index is 0.630. The minimum Gasteiger partial charge on any atom is -0.357 e. The van der Waals surface area contributed by atoms with Crippen LogP contribution in [0.1, 0.15) is 13.8 Å². The first kappa shape index (κ1) is 13.5. The second-order valence-corrected chi connectivity index (χ2v) is 7.18. The molecule has 1 aliphatic rings. The summed E-state index contributed by atoms with van der Waals surface area (Å²) in [6.45, 7) is 6.66. The van der Waals surface area contributed by atoms with Crippen LogP contribution in [0.4, 0.5) is 11.8 Å². The van der Waals surface area contributed by atoms with Crippen molar-refractivity contribution in [2.75, 3.05) is 30.4 Å². The van der Waals surface area contributed by atoms with E-state index in [2.05, 4.69) is 52.9 Å². The molecular weight excluding hydrogens is 268 g/mol. The molecule has 106 valence electrons. The molecule has 5 heteroatoms. The van der Waals surface area contributed by atoms with Crippen molar-refractivity contribution in [3.8, 4) is 0 Å². The average molecular weight is 288 g/mol. The van der Waals surface area contributed by atoms with Gasteiger partial charge in [0.05, 0.1) is 5.52 Å². The standard InChI is InChI=1S/C15H20N4S/c1-10-8-19(9-11(2)20-10)14-12-6-4-5-7-13(12)17-15(16-3)18-14/h4-7,10-11H,8-9H2,1-3H3,(H,16,17,18). The van der Waals surface area contributed by atoms with Gasteiger partial charge in [-0.15, -0.1) is 0 Å². The van der Waals surface area contributed by atoms with Gasteiger partial charge in [0.1, 0.15) is 5.82 Å². The Morgan fingerprint density at radius 2 is 1.85 bits per heavy atom. The summed E-state index contributed by atoms with van der Waals surface area (Å²) in [6.07, 6.45) is 0. The summed E-state index contributed by atoms with van der Waals surface area (Å²) in [5.41, 5.74) is 1.00. The van der Waals surface area contributed by atoms with Crippen LogP contribution in [0.5, 0.6) is 0 Å². The second kappa shape index (κ2) is 5.48. The smallest absolute Gasteiger partial charge is 0.224 e. The normalized spacial score (nSPS) is 23.1. The summed E-state index contributed by atoms with van der Waals surface area (Å²) in [4.78, 5) is 11.6. The van der Waals surface area contributed by atoms with Crippen molar-refractivity contribution in [1.82, 2.24) is 9.97 Å². The Bertz CT molecular complexity index is 606. The fourth-order valence-corrected chi connectivity index (χ4v) is 4.09. The maximum absolute atomic E-state index is 4.71. The second-order valence-electron chi connectivity index (χ2n) is 5.30. The van der Waals surface area contributed by atoms with Crippen molar-refractivity contribution in [2.24, 2.45) is 0 Å². The molecule has 0 spiro atoms. The zero-order chi connectivity index (χ0) is 14.1. The molecule has 2 heterocycles. The van der Waals surface area contributed by atoms with Crippen LogP contribution in [0.15, 0.2) is 24.3 Å². The van der Waals surface area contributed by atoms with Crippen LogP contribution in [0.25, 0.3) is 10.9 Å².